The zero-order valence-electron chi connectivity index (χ0n) is 17.8. The Bertz CT molecular complexity index is 1330. The van der Waals surface area contributed by atoms with E-state index in [1.54, 1.807) is 0 Å². The lowest BCUT2D eigenvalue weighted by Gasteiger charge is -2.24. The van der Waals surface area contributed by atoms with Crippen molar-refractivity contribution in [2.24, 2.45) is 9.50 Å². The van der Waals surface area contributed by atoms with Crippen LogP contribution in [0.1, 0.15) is 39.9 Å². The van der Waals surface area contributed by atoms with E-state index >= 15 is 0 Å². The molecule has 0 bridgehead atoms. The highest BCUT2D eigenvalue weighted by Crippen LogP contribution is 2.38. The average Bonchev–Trinajstić information content (AvgIpc) is 3.50. The lowest BCUT2D eigenvalue weighted by Crippen LogP contribution is -2.33. The van der Waals surface area contributed by atoms with Gasteiger partial charge in [0.25, 0.3) is 0 Å². The number of carbonyl (C=O) groups is 2. The molecule has 3 N–H and O–H groups in total. The van der Waals surface area contributed by atoms with Gasteiger partial charge in [0, 0.05) is 17.7 Å². The molecular weight excluding hydrogens is 446 g/mol. The van der Waals surface area contributed by atoms with Gasteiger partial charge in [0.05, 0.1) is 12.7 Å². The van der Waals surface area contributed by atoms with Crippen molar-refractivity contribution in [3.63, 3.8) is 0 Å². The highest BCUT2D eigenvalue weighted by molar-refractivity contribution is 7.91. The fraction of sp³-hybridized carbons (Fsp3) is 0.409. The summed E-state index contributed by atoms with van der Waals surface area (Å²) in [7, 11) is -3.64. The molecule has 0 saturated carbocycles. The Balaban J connectivity index is 1.42. The first-order valence-corrected chi connectivity index (χ1v) is 12.3. The van der Waals surface area contributed by atoms with Gasteiger partial charge in [-0.1, -0.05) is 5.92 Å². The third kappa shape index (κ3) is 3.90. The van der Waals surface area contributed by atoms with Gasteiger partial charge in [-0.25, -0.2) is 18.8 Å². The maximum atomic E-state index is 13.2. The molecule has 33 heavy (non-hydrogen) atoms. The molecule has 0 spiro atoms. The van der Waals surface area contributed by atoms with Crippen molar-refractivity contribution in [1.29, 1.82) is 0 Å². The van der Waals surface area contributed by atoms with Gasteiger partial charge < -0.3 is 14.8 Å². The first kappa shape index (κ1) is 21.6. The summed E-state index contributed by atoms with van der Waals surface area (Å²) in [5.74, 6) is 2.65. The number of aryl methyl sites for hydroxylation is 1. The first-order chi connectivity index (χ1) is 15.9. The van der Waals surface area contributed by atoms with E-state index in [1.807, 2.05) is 6.07 Å². The zero-order valence-corrected chi connectivity index (χ0v) is 18.7. The molecule has 3 aliphatic rings. The Morgan fingerprint density at radius 1 is 1.39 bits per heavy atom. The predicted molar refractivity (Wildman–Crippen MR) is 119 cm³/mol. The van der Waals surface area contributed by atoms with Crippen molar-refractivity contribution in [1.82, 2.24) is 9.78 Å². The summed E-state index contributed by atoms with van der Waals surface area (Å²) >= 11 is 0. The van der Waals surface area contributed by atoms with Crippen molar-refractivity contribution in [2.45, 2.75) is 49.6 Å². The maximum Gasteiger partial charge on any atom is 0.354 e. The molecule has 2 aromatic rings. The fourth-order valence-electron chi connectivity index (χ4n) is 4.64. The normalized spacial score (nSPS) is 20.1. The molecular formula is C22H23N5O5S. The first-order valence-electron chi connectivity index (χ1n) is 10.7. The molecule has 5 rings (SSSR count). The Morgan fingerprint density at radius 2 is 2.24 bits per heavy atom. The number of anilines is 1. The van der Waals surface area contributed by atoms with Crippen LogP contribution in [-0.4, -0.2) is 45.1 Å². The van der Waals surface area contributed by atoms with Gasteiger partial charge in [-0.15, -0.1) is 10.8 Å². The number of ether oxygens (including phenoxy) is 2. The number of benzene rings is 1. The Morgan fingerprint density at radius 3 is 3.06 bits per heavy atom. The third-order valence-electron chi connectivity index (χ3n) is 6.12. The van der Waals surface area contributed by atoms with Gasteiger partial charge in [-0.2, -0.15) is 5.10 Å². The number of hydrogen-bond donors (Lipinski definition) is 2. The van der Waals surface area contributed by atoms with Crippen molar-refractivity contribution >= 4 is 27.4 Å². The van der Waals surface area contributed by atoms with Gasteiger partial charge in [0.2, 0.25) is 5.88 Å². The lowest BCUT2D eigenvalue weighted by atomic mass is 9.98. The zero-order chi connectivity index (χ0) is 23.2. The number of fused-ring (bicyclic) bond motifs is 3. The summed E-state index contributed by atoms with van der Waals surface area (Å²) in [6.45, 7) is 0.659. The Hall–Kier alpha value is -3.20. The standard InChI is InChI=1S/C22H23N5O5S/c1-2-8-31-14-11-27-21(32-12-14)19(10-24-27)33(23,30)26-22(29)25-20-15-5-3-4-13(15)9-17-16(20)6-7-18(17)28/h1,9-10,14H,3-8,11-12H2,(H3,23,25,26,29,30). The van der Waals surface area contributed by atoms with Crippen LogP contribution in [0.15, 0.2) is 21.5 Å². The van der Waals surface area contributed by atoms with Crippen LogP contribution in [0.2, 0.25) is 0 Å². The van der Waals surface area contributed by atoms with Crippen LogP contribution in [0.3, 0.4) is 0 Å². The topological polar surface area (TPSA) is 138 Å². The number of nitrogens with zero attached hydrogens (tertiary/aromatic N) is 3. The monoisotopic (exact) mass is 469 g/mol. The number of aromatic nitrogens is 2. The van der Waals surface area contributed by atoms with Crippen LogP contribution in [0.25, 0.3) is 0 Å². The molecule has 172 valence electrons. The van der Waals surface area contributed by atoms with Crippen LogP contribution in [-0.2, 0) is 40.5 Å². The summed E-state index contributed by atoms with van der Waals surface area (Å²) in [4.78, 5) is 25.1. The highest BCUT2D eigenvalue weighted by atomic mass is 32.2. The quantitative estimate of drug-likeness (QED) is 0.656. The van der Waals surface area contributed by atoms with Crippen LogP contribution < -0.4 is 15.2 Å². The molecule has 2 heterocycles. The van der Waals surface area contributed by atoms with Gasteiger partial charge in [-0.3, -0.25) is 4.79 Å². The number of amides is 2. The minimum atomic E-state index is -3.64. The molecule has 2 aliphatic carbocycles. The van der Waals surface area contributed by atoms with Crippen LogP contribution in [0, 0.1) is 12.3 Å². The molecule has 2 atom stereocenters. The number of nitrogens with one attached hydrogen (secondary N) is 1. The fourth-order valence-corrected chi connectivity index (χ4v) is 5.65. The summed E-state index contributed by atoms with van der Waals surface area (Å²) in [5.41, 5.74) is 4.15. The summed E-state index contributed by atoms with van der Waals surface area (Å²) in [6, 6.07) is 1.11. The third-order valence-corrected chi connectivity index (χ3v) is 7.47. The van der Waals surface area contributed by atoms with Crippen LogP contribution in [0.5, 0.6) is 5.88 Å². The smallest absolute Gasteiger partial charge is 0.354 e. The number of urea groups is 1. The second-order valence-corrected chi connectivity index (χ2v) is 9.99. The highest BCUT2D eigenvalue weighted by Gasteiger charge is 2.31. The summed E-state index contributed by atoms with van der Waals surface area (Å²) in [5, 5.41) is 12.9. The van der Waals surface area contributed by atoms with E-state index in [4.69, 9.17) is 21.0 Å². The van der Waals surface area contributed by atoms with Crippen molar-refractivity contribution in [3.05, 3.63) is 34.5 Å². The molecule has 1 aromatic heterocycles. The number of Topliss-reactive ketones (excluding diaryl/α,β-unsaturated/α-hetero) is 1. The van der Waals surface area contributed by atoms with Crippen molar-refractivity contribution in [3.8, 4) is 18.2 Å². The van der Waals surface area contributed by atoms with E-state index < -0.39 is 15.9 Å². The molecule has 0 radical (unpaired) electrons. The van der Waals surface area contributed by atoms with E-state index in [9.17, 15) is 13.8 Å². The Kier molecular flexibility index (Phi) is 5.44. The minimum absolute atomic E-state index is 0.0340. The molecule has 2 unspecified atom stereocenters. The number of nitrogens with two attached hydrogens (primary N) is 1. The van der Waals surface area contributed by atoms with Gasteiger partial charge in [-0.05, 0) is 48.4 Å². The van der Waals surface area contributed by atoms with Crippen molar-refractivity contribution in [2.75, 3.05) is 18.5 Å². The second kappa shape index (κ2) is 8.30. The minimum Gasteiger partial charge on any atom is -0.474 e. The van der Waals surface area contributed by atoms with Gasteiger partial charge in [0.1, 0.15) is 24.2 Å². The molecule has 2 amide bonds. The van der Waals surface area contributed by atoms with E-state index in [-0.39, 0.29) is 35.9 Å². The molecule has 11 heteroatoms. The molecule has 0 fully saturated rings. The number of rotatable bonds is 4. The number of ketones is 1. The Labute approximate surface area is 191 Å². The predicted octanol–water partition coefficient (Wildman–Crippen LogP) is 1.84. The molecule has 0 saturated heterocycles. The largest absolute Gasteiger partial charge is 0.474 e. The SMILES string of the molecule is C#CCOC1COc2c(S(N)(=O)=NC(=O)Nc3c4c(cc5c3CCC5=O)CCC4)cnn2C1. The van der Waals surface area contributed by atoms with E-state index in [1.165, 1.54) is 10.9 Å². The van der Waals surface area contributed by atoms with Crippen LogP contribution in [0.4, 0.5) is 10.5 Å². The van der Waals surface area contributed by atoms with Crippen molar-refractivity contribution < 1.29 is 23.3 Å². The van der Waals surface area contributed by atoms with Crippen LogP contribution >= 0.6 is 0 Å². The second-order valence-electron chi connectivity index (χ2n) is 8.23. The van der Waals surface area contributed by atoms with E-state index in [0.717, 1.165) is 36.0 Å². The van der Waals surface area contributed by atoms with Gasteiger partial charge in [0.15, 0.2) is 15.7 Å². The maximum absolute atomic E-state index is 13.2. The number of carbonyl (C=O) groups excluding carboxylic acids is 2. The summed E-state index contributed by atoms with van der Waals surface area (Å²) in [6.07, 6.45) is 9.77. The van der Waals surface area contributed by atoms with E-state index in [2.05, 4.69) is 20.7 Å². The average molecular weight is 470 g/mol. The number of terminal acetylenes is 1. The lowest BCUT2D eigenvalue weighted by molar-refractivity contribution is 0.00163. The molecule has 10 nitrogen and oxygen atoms in total. The molecule has 1 aliphatic heterocycles. The van der Waals surface area contributed by atoms with Gasteiger partial charge >= 0.3 is 6.03 Å². The van der Waals surface area contributed by atoms with E-state index in [0.29, 0.717) is 30.6 Å². The molecule has 1 aromatic carbocycles. The summed E-state index contributed by atoms with van der Waals surface area (Å²) < 4.78 is 29.5. The number of hydrogen-bond acceptors (Lipinski definition) is 6.